The molecule has 0 heterocycles. The van der Waals surface area contributed by atoms with Crippen molar-refractivity contribution in [2.45, 2.75) is 4.90 Å². The van der Waals surface area contributed by atoms with Gasteiger partial charge in [-0.25, -0.2) is 0 Å². The molecule has 0 bridgehead atoms. The van der Waals surface area contributed by atoms with E-state index in [1.807, 2.05) is 0 Å². The number of benzene rings is 1. The van der Waals surface area contributed by atoms with Crippen molar-refractivity contribution in [1.29, 1.82) is 0 Å². The van der Waals surface area contributed by atoms with Gasteiger partial charge in [0.05, 0.1) is 4.90 Å². The standard InChI is InChI=1S/C6H6O4S.ClH/c7-5-2-1-3-6(4-5)11(8,9)10;/h1-4,7H,(H,8,9,10);1H. The predicted octanol–water partition coefficient (Wildman–Crippen LogP) is 1.06. The van der Waals surface area contributed by atoms with Crippen molar-refractivity contribution in [2.24, 2.45) is 0 Å². The van der Waals surface area contributed by atoms with Gasteiger partial charge in [0.25, 0.3) is 10.1 Å². The van der Waals surface area contributed by atoms with Crippen LogP contribution in [-0.4, -0.2) is 18.1 Å². The molecule has 0 aliphatic carbocycles. The van der Waals surface area contributed by atoms with E-state index >= 15 is 0 Å². The Morgan fingerprint density at radius 1 is 1.25 bits per heavy atom. The third-order valence-corrected chi connectivity index (χ3v) is 1.97. The first-order chi connectivity index (χ1) is 5.00. The van der Waals surface area contributed by atoms with Gasteiger partial charge in [0.1, 0.15) is 5.75 Å². The van der Waals surface area contributed by atoms with Crippen LogP contribution in [0.3, 0.4) is 0 Å². The van der Waals surface area contributed by atoms with Crippen LogP contribution in [0.25, 0.3) is 0 Å². The monoisotopic (exact) mass is 210 g/mol. The highest BCUT2D eigenvalue weighted by atomic mass is 35.5. The van der Waals surface area contributed by atoms with Gasteiger partial charge in [0.2, 0.25) is 0 Å². The summed E-state index contributed by atoms with van der Waals surface area (Å²) in [7, 11) is -4.19. The summed E-state index contributed by atoms with van der Waals surface area (Å²) >= 11 is 0. The maximum Gasteiger partial charge on any atom is 0.294 e. The number of rotatable bonds is 1. The largest absolute Gasteiger partial charge is 0.508 e. The molecule has 0 aliphatic rings. The third kappa shape index (κ3) is 2.69. The second kappa shape index (κ2) is 3.75. The zero-order valence-electron chi connectivity index (χ0n) is 5.84. The molecule has 1 aromatic carbocycles. The van der Waals surface area contributed by atoms with Crippen LogP contribution in [0.1, 0.15) is 0 Å². The maximum atomic E-state index is 10.4. The molecule has 0 saturated heterocycles. The molecule has 1 rings (SSSR count). The van der Waals surface area contributed by atoms with Crippen molar-refractivity contribution >= 4 is 22.5 Å². The van der Waals surface area contributed by atoms with Gasteiger partial charge in [-0.05, 0) is 12.1 Å². The van der Waals surface area contributed by atoms with Gasteiger partial charge in [0.15, 0.2) is 0 Å². The lowest BCUT2D eigenvalue weighted by molar-refractivity contribution is 0.466. The highest BCUT2D eigenvalue weighted by Crippen LogP contribution is 2.14. The summed E-state index contributed by atoms with van der Waals surface area (Å²) in [5.74, 6) is -0.194. The molecule has 0 atom stereocenters. The van der Waals surface area contributed by atoms with E-state index in [9.17, 15) is 8.42 Å². The van der Waals surface area contributed by atoms with E-state index in [0.717, 1.165) is 6.07 Å². The molecule has 0 aliphatic heterocycles. The van der Waals surface area contributed by atoms with Gasteiger partial charge in [-0.3, -0.25) is 4.55 Å². The first-order valence-electron chi connectivity index (χ1n) is 2.77. The SMILES string of the molecule is Cl.O=S(=O)(O)c1cccc(O)c1. The molecular formula is C6H7ClO4S. The predicted molar refractivity (Wildman–Crippen MR) is 45.2 cm³/mol. The number of phenolic OH excluding ortho intramolecular Hbond substituents is 1. The first-order valence-corrected chi connectivity index (χ1v) is 4.21. The fourth-order valence-electron chi connectivity index (χ4n) is 0.644. The molecule has 0 radical (unpaired) electrons. The molecule has 68 valence electrons. The average Bonchev–Trinajstić information content (AvgIpc) is 1.86. The average molecular weight is 211 g/mol. The van der Waals surface area contributed by atoms with E-state index in [1.165, 1.54) is 18.2 Å². The minimum atomic E-state index is -4.19. The molecule has 0 spiro atoms. The minimum absolute atomic E-state index is 0. The van der Waals surface area contributed by atoms with Crippen molar-refractivity contribution in [3.63, 3.8) is 0 Å². The maximum absolute atomic E-state index is 10.4. The molecule has 0 aromatic heterocycles. The highest BCUT2D eigenvalue weighted by Gasteiger charge is 2.08. The fraction of sp³-hybridized carbons (Fsp3) is 0. The van der Waals surface area contributed by atoms with Crippen molar-refractivity contribution in [3.05, 3.63) is 24.3 Å². The van der Waals surface area contributed by atoms with E-state index in [1.54, 1.807) is 0 Å². The van der Waals surface area contributed by atoms with E-state index in [-0.39, 0.29) is 23.1 Å². The Morgan fingerprint density at radius 3 is 2.17 bits per heavy atom. The summed E-state index contributed by atoms with van der Waals surface area (Å²) in [5.41, 5.74) is 0. The lowest BCUT2D eigenvalue weighted by Gasteiger charge is -1.95. The Balaban J connectivity index is 0.00000121. The van der Waals surface area contributed by atoms with Crippen LogP contribution < -0.4 is 0 Å². The van der Waals surface area contributed by atoms with Crippen LogP contribution in [0.4, 0.5) is 0 Å². The Bertz CT molecular complexity index is 360. The molecule has 0 amide bonds. The molecule has 2 N–H and O–H groups in total. The summed E-state index contributed by atoms with van der Waals surface area (Å²) in [6, 6.07) is 4.80. The summed E-state index contributed by atoms with van der Waals surface area (Å²) < 4.78 is 29.3. The second-order valence-corrected chi connectivity index (χ2v) is 3.39. The fourth-order valence-corrected chi connectivity index (χ4v) is 1.16. The summed E-state index contributed by atoms with van der Waals surface area (Å²) in [6.45, 7) is 0. The van der Waals surface area contributed by atoms with Gasteiger partial charge in [-0.1, -0.05) is 6.07 Å². The van der Waals surface area contributed by atoms with Crippen LogP contribution in [0.5, 0.6) is 5.75 Å². The van der Waals surface area contributed by atoms with Gasteiger partial charge < -0.3 is 5.11 Å². The quantitative estimate of drug-likeness (QED) is 0.680. The molecule has 4 nitrogen and oxygen atoms in total. The first kappa shape index (κ1) is 11.2. The van der Waals surface area contributed by atoms with Crippen molar-refractivity contribution < 1.29 is 18.1 Å². The van der Waals surface area contributed by atoms with Crippen LogP contribution in [0.2, 0.25) is 0 Å². The molecule has 6 heteroatoms. The van der Waals surface area contributed by atoms with E-state index in [4.69, 9.17) is 9.66 Å². The molecule has 12 heavy (non-hydrogen) atoms. The van der Waals surface area contributed by atoms with Crippen LogP contribution in [-0.2, 0) is 10.1 Å². The molecular weight excluding hydrogens is 204 g/mol. The summed E-state index contributed by atoms with van der Waals surface area (Å²) in [5, 5.41) is 8.80. The zero-order valence-corrected chi connectivity index (χ0v) is 7.47. The summed E-state index contributed by atoms with van der Waals surface area (Å²) in [4.78, 5) is -0.308. The zero-order chi connectivity index (χ0) is 8.48. The van der Waals surface area contributed by atoms with E-state index in [0.29, 0.717) is 0 Å². The third-order valence-electron chi connectivity index (χ3n) is 1.12. The van der Waals surface area contributed by atoms with Gasteiger partial charge in [-0.15, -0.1) is 12.4 Å². The van der Waals surface area contributed by atoms with Gasteiger partial charge in [-0.2, -0.15) is 8.42 Å². The van der Waals surface area contributed by atoms with Crippen LogP contribution in [0.15, 0.2) is 29.2 Å². The van der Waals surface area contributed by atoms with E-state index in [2.05, 4.69) is 0 Å². The molecule has 0 fully saturated rings. The Labute approximate surface area is 76.0 Å². The summed E-state index contributed by atoms with van der Waals surface area (Å²) in [6.07, 6.45) is 0. The molecule has 0 saturated carbocycles. The molecule has 1 aromatic rings. The lowest BCUT2D eigenvalue weighted by atomic mass is 10.3. The highest BCUT2D eigenvalue weighted by molar-refractivity contribution is 7.85. The number of phenols is 1. The number of halogens is 1. The van der Waals surface area contributed by atoms with Gasteiger partial charge in [0, 0.05) is 6.07 Å². The Morgan fingerprint density at radius 2 is 1.83 bits per heavy atom. The number of aromatic hydroxyl groups is 1. The van der Waals surface area contributed by atoms with E-state index < -0.39 is 10.1 Å². The normalized spacial score (nSPS) is 10.4. The smallest absolute Gasteiger partial charge is 0.294 e. The van der Waals surface area contributed by atoms with Gasteiger partial charge >= 0.3 is 0 Å². The van der Waals surface area contributed by atoms with Crippen LogP contribution >= 0.6 is 12.4 Å². The van der Waals surface area contributed by atoms with Crippen molar-refractivity contribution in [3.8, 4) is 5.75 Å². The number of hydrogen-bond acceptors (Lipinski definition) is 3. The topological polar surface area (TPSA) is 74.6 Å². The Kier molecular flexibility index (Phi) is 3.51. The Hall–Kier alpha value is -0.780. The van der Waals surface area contributed by atoms with Crippen molar-refractivity contribution in [1.82, 2.24) is 0 Å². The second-order valence-electron chi connectivity index (χ2n) is 1.97. The van der Waals surface area contributed by atoms with Crippen LogP contribution in [0, 0.1) is 0 Å². The number of hydrogen-bond donors (Lipinski definition) is 2. The lowest BCUT2D eigenvalue weighted by Crippen LogP contribution is -1.96. The van der Waals surface area contributed by atoms with Crippen molar-refractivity contribution in [2.75, 3.05) is 0 Å². The molecule has 0 unspecified atom stereocenters. The minimum Gasteiger partial charge on any atom is -0.508 e.